The molecule has 1 atom stereocenters. The molecular formula is C19H20N2O3. The van der Waals surface area contributed by atoms with E-state index in [1.807, 2.05) is 42.5 Å². The van der Waals surface area contributed by atoms with Crippen LogP contribution < -0.4 is 10.1 Å². The molecule has 0 unspecified atom stereocenters. The number of benzene rings is 2. The predicted molar refractivity (Wildman–Crippen MR) is 91.6 cm³/mol. The first kappa shape index (κ1) is 16.1. The second kappa shape index (κ2) is 7.17. The summed E-state index contributed by atoms with van der Waals surface area (Å²) in [7, 11) is 1.58. The van der Waals surface area contributed by atoms with E-state index in [0.29, 0.717) is 24.5 Å². The number of carbonyl (C=O) groups is 2. The zero-order valence-electron chi connectivity index (χ0n) is 13.6. The SMILES string of the molecule is COc1cccc(NC(=O)[C@H]2CC(=O)N(Cc3ccccc3)C2)c1. The fourth-order valence-electron chi connectivity index (χ4n) is 2.85. The molecule has 1 aliphatic rings. The highest BCUT2D eigenvalue weighted by molar-refractivity contribution is 5.97. The van der Waals surface area contributed by atoms with Crippen LogP contribution in [0.25, 0.3) is 0 Å². The van der Waals surface area contributed by atoms with Gasteiger partial charge in [-0.05, 0) is 17.7 Å². The molecule has 0 radical (unpaired) electrons. The molecule has 0 saturated carbocycles. The van der Waals surface area contributed by atoms with Crippen molar-refractivity contribution >= 4 is 17.5 Å². The van der Waals surface area contributed by atoms with E-state index < -0.39 is 0 Å². The van der Waals surface area contributed by atoms with E-state index in [0.717, 1.165) is 5.56 Å². The molecule has 0 spiro atoms. The van der Waals surface area contributed by atoms with Gasteiger partial charge in [-0.25, -0.2) is 0 Å². The van der Waals surface area contributed by atoms with Gasteiger partial charge < -0.3 is 15.0 Å². The number of likely N-dealkylation sites (tertiary alicyclic amines) is 1. The van der Waals surface area contributed by atoms with E-state index >= 15 is 0 Å². The number of hydrogen-bond donors (Lipinski definition) is 1. The summed E-state index contributed by atoms with van der Waals surface area (Å²) >= 11 is 0. The van der Waals surface area contributed by atoms with Gasteiger partial charge in [-0.2, -0.15) is 0 Å². The molecule has 5 heteroatoms. The number of nitrogens with one attached hydrogen (secondary N) is 1. The van der Waals surface area contributed by atoms with Crippen molar-refractivity contribution < 1.29 is 14.3 Å². The molecular weight excluding hydrogens is 304 g/mol. The topological polar surface area (TPSA) is 58.6 Å². The second-order valence-electron chi connectivity index (χ2n) is 5.88. The number of ether oxygens (including phenoxy) is 1. The molecule has 24 heavy (non-hydrogen) atoms. The molecule has 1 N–H and O–H groups in total. The third-order valence-electron chi connectivity index (χ3n) is 4.14. The lowest BCUT2D eigenvalue weighted by molar-refractivity contribution is -0.128. The molecule has 0 bridgehead atoms. The van der Waals surface area contributed by atoms with Gasteiger partial charge in [-0.15, -0.1) is 0 Å². The zero-order valence-corrected chi connectivity index (χ0v) is 13.6. The van der Waals surface area contributed by atoms with Gasteiger partial charge >= 0.3 is 0 Å². The number of nitrogens with zero attached hydrogens (tertiary/aromatic N) is 1. The average Bonchev–Trinajstić information content (AvgIpc) is 2.97. The van der Waals surface area contributed by atoms with Crippen molar-refractivity contribution in [2.75, 3.05) is 19.0 Å². The van der Waals surface area contributed by atoms with Crippen LogP contribution >= 0.6 is 0 Å². The lowest BCUT2D eigenvalue weighted by Gasteiger charge is -2.16. The number of methoxy groups -OCH3 is 1. The summed E-state index contributed by atoms with van der Waals surface area (Å²) in [4.78, 5) is 26.3. The maximum atomic E-state index is 12.4. The highest BCUT2D eigenvalue weighted by Gasteiger charge is 2.34. The Balaban J connectivity index is 1.61. The van der Waals surface area contributed by atoms with Crippen LogP contribution in [0.1, 0.15) is 12.0 Å². The Labute approximate surface area is 141 Å². The van der Waals surface area contributed by atoms with Crippen molar-refractivity contribution in [3.8, 4) is 5.75 Å². The number of hydrogen-bond acceptors (Lipinski definition) is 3. The summed E-state index contributed by atoms with van der Waals surface area (Å²) < 4.78 is 5.15. The molecule has 1 aliphatic heterocycles. The number of carbonyl (C=O) groups excluding carboxylic acids is 2. The van der Waals surface area contributed by atoms with Gasteiger partial charge in [0.2, 0.25) is 11.8 Å². The van der Waals surface area contributed by atoms with Gasteiger partial charge in [-0.3, -0.25) is 9.59 Å². The number of amides is 2. The molecule has 0 aromatic heterocycles. The van der Waals surface area contributed by atoms with Crippen molar-refractivity contribution in [1.29, 1.82) is 0 Å². The van der Waals surface area contributed by atoms with Crippen LogP contribution in [0.4, 0.5) is 5.69 Å². The summed E-state index contributed by atoms with van der Waals surface area (Å²) in [5.41, 5.74) is 1.74. The number of rotatable bonds is 5. The molecule has 2 aromatic rings. The highest BCUT2D eigenvalue weighted by Crippen LogP contribution is 2.23. The van der Waals surface area contributed by atoms with Crippen molar-refractivity contribution in [2.45, 2.75) is 13.0 Å². The standard InChI is InChI=1S/C19H20N2O3/c1-24-17-9-5-8-16(11-17)20-19(23)15-10-18(22)21(13-15)12-14-6-3-2-4-7-14/h2-9,11,15H,10,12-13H2,1H3,(H,20,23)/t15-/m0/s1. The Kier molecular flexibility index (Phi) is 4.79. The molecule has 2 aromatic carbocycles. The fraction of sp³-hybridized carbons (Fsp3) is 0.263. The van der Waals surface area contributed by atoms with Crippen LogP contribution in [0.15, 0.2) is 54.6 Å². The normalized spacial score (nSPS) is 17.0. The van der Waals surface area contributed by atoms with Crippen molar-refractivity contribution in [3.05, 3.63) is 60.2 Å². The minimum Gasteiger partial charge on any atom is -0.497 e. The van der Waals surface area contributed by atoms with E-state index in [-0.39, 0.29) is 24.2 Å². The first-order valence-corrected chi connectivity index (χ1v) is 7.92. The van der Waals surface area contributed by atoms with Gasteiger partial charge in [-0.1, -0.05) is 36.4 Å². The molecule has 1 fully saturated rings. The molecule has 2 amide bonds. The van der Waals surface area contributed by atoms with E-state index in [4.69, 9.17) is 4.74 Å². The summed E-state index contributed by atoms with van der Waals surface area (Å²) in [5, 5.41) is 2.87. The van der Waals surface area contributed by atoms with Gasteiger partial charge in [0.1, 0.15) is 5.75 Å². The predicted octanol–water partition coefficient (Wildman–Crippen LogP) is 2.68. The van der Waals surface area contributed by atoms with Gasteiger partial charge in [0.25, 0.3) is 0 Å². The average molecular weight is 324 g/mol. The Morgan fingerprint density at radius 2 is 2.00 bits per heavy atom. The minimum absolute atomic E-state index is 0.0182. The van der Waals surface area contributed by atoms with Crippen LogP contribution in [-0.2, 0) is 16.1 Å². The smallest absolute Gasteiger partial charge is 0.229 e. The molecule has 5 nitrogen and oxygen atoms in total. The second-order valence-corrected chi connectivity index (χ2v) is 5.88. The van der Waals surface area contributed by atoms with E-state index in [1.165, 1.54) is 0 Å². The van der Waals surface area contributed by atoms with Crippen LogP contribution in [0.2, 0.25) is 0 Å². The van der Waals surface area contributed by atoms with Crippen LogP contribution in [0.5, 0.6) is 5.75 Å². The summed E-state index contributed by atoms with van der Waals surface area (Å²) in [6.07, 6.45) is 0.253. The van der Waals surface area contributed by atoms with Gasteiger partial charge in [0, 0.05) is 31.3 Å². The van der Waals surface area contributed by atoms with E-state index in [1.54, 1.807) is 24.1 Å². The van der Waals surface area contributed by atoms with Gasteiger partial charge in [0.15, 0.2) is 0 Å². The monoisotopic (exact) mass is 324 g/mol. The maximum Gasteiger partial charge on any atom is 0.229 e. The third kappa shape index (κ3) is 3.74. The third-order valence-corrected chi connectivity index (χ3v) is 4.14. The lowest BCUT2D eigenvalue weighted by Crippen LogP contribution is -2.28. The minimum atomic E-state index is -0.326. The lowest BCUT2D eigenvalue weighted by atomic mass is 10.1. The summed E-state index contributed by atoms with van der Waals surface area (Å²) in [6, 6.07) is 17.0. The van der Waals surface area contributed by atoms with E-state index in [9.17, 15) is 9.59 Å². The van der Waals surface area contributed by atoms with Crippen LogP contribution in [0, 0.1) is 5.92 Å². The van der Waals surface area contributed by atoms with E-state index in [2.05, 4.69) is 5.32 Å². The van der Waals surface area contributed by atoms with Crippen LogP contribution in [-0.4, -0.2) is 30.4 Å². The van der Waals surface area contributed by atoms with Crippen molar-refractivity contribution in [3.63, 3.8) is 0 Å². The Bertz CT molecular complexity index is 730. The first-order chi connectivity index (χ1) is 11.7. The molecule has 124 valence electrons. The molecule has 1 heterocycles. The molecule has 1 saturated heterocycles. The van der Waals surface area contributed by atoms with Crippen LogP contribution in [0.3, 0.4) is 0 Å². The highest BCUT2D eigenvalue weighted by atomic mass is 16.5. The molecule has 0 aliphatic carbocycles. The fourth-order valence-corrected chi connectivity index (χ4v) is 2.85. The largest absolute Gasteiger partial charge is 0.497 e. The number of anilines is 1. The maximum absolute atomic E-state index is 12.4. The first-order valence-electron chi connectivity index (χ1n) is 7.92. The Hall–Kier alpha value is -2.82. The quantitative estimate of drug-likeness (QED) is 0.920. The Morgan fingerprint density at radius 3 is 2.75 bits per heavy atom. The summed E-state index contributed by atoms with van der Waals surface area (Å²) in [6.45, 7) is 0.992. The zero-order chi connectivity index (χ0) is 16.9. The Morgan fingerprint density at radius 1 is 1.21 bits per heavy atom. The van der Waals surface area contributed by atoms with Crippen molar-refractivity contribution in [1.82, 2.24) is 4.90 Å². The van der Waals surface area contributed by atoms with Crippen molar-refractivity contribution in [2.24, 2.45) is 5.92 Å². The molecule has 3 rings (SSSR count). The van der Waals surface area contributed by atoms with Gasteiger partial charge in [0.05, 0.1) is 13.0 Å². The summed E-state index contributed by atoms with van der Waals surface area (Å²) in [5.74, 6) is 0.241.